The van der Waals surface area contributed by atoms with Gasteiger partial charge in [0.1, 0.15) is 0 Å². The normalized spacial score (nSPS) is 10.9. The Bertz CT molecular complexity index is 630. The number of aryl methyl sites for hydroxylation is 1. The van der Waals surface area contributed by atoms with Crippen LogP contribution >= 0.6 is 34.4 Å². The number of nitrogens with zero attached hydrogens (tertiary/aromatic N) is 3. The fourth-order valence-electron chi connectivity index (χ4n) is 1.34. The van der Waals surface area contributed by atoms with Gasteiger partial charge in [0.2, 0.25) is 0 Å². The molecular formula is C11H9N3OS3. The molecule has 4 nitrogen and oxygen atoms in total. The Labute approximate surface area is 116 Å². The topological polar surface area (TPSA) is 51.8 Å². The number of thiazole rings is 1. The molecule has 3 heterocycles. The third-order valence-corrected chi connectivity index (χ3v) is 4.98. The molecule has 0 aromatic carbocycles. The van der Waals surface area contributed by atoms with Crippen molar-refractivity contribution in [3.8, 4) is 11.5 Å². The first-order chi connectivity index (χ1) is 8.81. The van der Waals surface area contributed by atoms with Crippen LogP contribution in [0.1, 0.15) is 11.5 Å². The molecule has 0 fully saturated rings. The summed E-state index contributed by atoms with van der Waals surface area (Å²) in [6, 6.07) is 1.97. The van der Waals surface area contributed by atoms with Crippen molar-refractivity contribution < 1.29 is 4.52 Å². The van der Waals surface area contributed by atoms with Gasteiger partial charge in [-0.3, -0.25) is 0 Å². The van der Waals surface area contributed by atoms with Gasteiger partial charge >= 0.3 is 0 Å². The van der Waals surface area contributed by atoms with E-state index < -0.39 is 0 Å². The van der Waals surface area contributed by atoms with Crippen molar-refractivity contribution in [2.24, 2.45) is 0 Å². The van der Waals surface area contributed by atoms with Crippen LogP contribution in [0.2, 0.25) is 0 Å². The largest absolute Gasteiger partial charge is 0.334 e. The highest BCUT2D eigenvalue weighted by Gasteiger charge is 2.10. The molecule has 0 aliphatic carbocycles. The van der Waals surface area contributed by atoms with E-state index in [9.17, 15) is 0 Å². The first-order valence-corrected chi connectivity index (χ1v) is 8.02. The molecule has 7 heteroatoms. The zero-order valence-electron chi connectivity index (χ0n) is 9.49. The Morgan fingerprint density at radius 1 is 1.33 bits per heavy atom. The lowest BCUT2D eigenvalue weighted by Crippen LogP contribution is -1.83. The van der Waals surface area contributed by atoms with Gasteiger partial charge in [-0.2, -0.15) is 16.3 Å². The van der Waals surface area contributed by atoms with Gasteiger partial charge in [-0.25, -0.2) is 4.98 Å². The molecule has 0 saturated carbocycles. The molecule has 0 aliphatic rings. The summed E-state index contributed by atoms with van der Waals surface area (Å²) in [6.07, 6.45) is 0. The van der Waals surface area contributed by atoms with Crippen molar-refractivity contribution in [2.75, 3.05) is 0 Å². The van der Waals surface area contributed by atoms with E-state index in [0.29, 0.717) is 17.5 Å². The lowest BCUT2D eigenvalue weighted by molar-refractivity contribution is 0.425. The van der Waals surface area contributed by atoms with Gasteiger partial charge in [-0.05, 0) is 18.4 Å². The molecule has 0 atom stereocenters. The molecule has 0 spiro atoms. The van der Waals surface area contributed by atoms with Crippen LogP contribution in [0.3, 0.4) is 0 Å². The van der Waals surface area contributed by atoms with Crippen LogP contribution in [0.15, 0.2) is 31.1 Å². The molecule has 0 unspecified atom stereocenters. The average molecular weight is 295 g/mol. The van der Waals surface area contributed by atoms with Gasteiger partial charge in [-0.15, -0.1) is 11.3 Å². The van der Waals surface area contributed by atoms with E-state index in [0.717, 1.165) is 15.6 Å². The summed E-state index contributed by atoms with van der Waals surface area (Å²) >= 11 is 4.89. The first-order valence-electron chi connectivity index (χ1n) is 5.21. The van der Waals surface area contributed by atoms with Gasteiger partial charge in [-0.1, -0.05) is 16.9 Å². The average Bonchev–Trinajstić information content (AvgIpc) is 3.07. The Morgan fingerprint density at radius 2 is 2.28 bits per heavy atom. The summed E-state index contributed by atoms with van der Waals surface area (Å²) in [5, 5.41) is 9.99. The Hall–Kier alpha value is -1.18. The maximum absolute atomic E-state index is 5.22. The minimum absolute atomic E-state index is 0.585. The Kier molecular flexibility index (Phi) is 3.44. The molecule has 0 bridgehead atoms. The fraction of sp³-hybridized carbons (Fsp3) is 0.182. The third kappa shape index (κ3) is 2.63. The standard InChI is InChI=1S/C11H9N3OS3/c1-7-4-17-11(12-7)18-6-9-13-10(15-14-9)8-2-3-16-5-8/h2-5H,6H2,1H3. The maximum atomic E-state index is 5.22. The van der Waals surface area contributed by atoms with Gasteiger partial charge in [0.15, 0.2) is 10.2 Å². The molecule has 0 radical (unpaired) electrons. The van der Waals surface area contributed by atoms with Crippen LogP contribution in [0.4, 0.5) is 0 Å². The van der Waals surface area contributed by atoms with Crippen molar-refractivity contribution in [3.63, 3.8) is 0 Å². The van der Waals surface area contributed by atoms with Crippen LogP contribution in [-0.2, 0) is 5.75 Å². The van der Waals surface area contributed by atoms with Crippen LogP contribution in [0.25, 0.3) is 11.5 Å². The van der Waals surface area contributed by atoms with E-state index in [1.807, 2.05) is 29.1 Å². The summed E-state index contributed by atoms with van der Waals surface area (Å²) < 4.78 is 6.25. The maximum Gasteiger partial charge on any atom is 0.258 e. The zero-order chi connectivity index (χ0) is 12.4. The second-order valence-electron chi connectivity index (χ2n) is 3.57. The summed E-state index contributed by atoms with van der Waals surface area (Å²) in [4.78, 5) is 8.74. The highest BCUT2D eigenvalue weighted by molar-refractivity contribution is 8.00. The number of thiophene rings is 1. The third-order valence-electron chi connectivity index (χ3n) is 2.16. The molecule has 3 rings (SSSR count). The van der Waals surface area contributed by atoms with Crippen LogP contribution in [0, 0.1) is 6.92 Å². The van der Waals surface area contributed by atoms with Gasteiger partial charge in [0, 0.05) is 16.5 Å². The highest BCUT2D eigenvalue weighted by atomic mass is 32.2. The zero-order valence-corrected chi connectivity index (χ0v) is 11.9. The number of hydrogen-bond donors (Lipinski definition) is 0. The van der Waals surface area contributed by atoms with Crippen molar-refractivity contribution >= 4 is 34.4 Å². The predicted octanol–water partition coefficient (Wildman–Crippen LogP) is 3.86. The molecule has 18 heavy (non-hydrogen) atoms. The first kappa shape index (κ1) is 11.9. The predicted molar refractivity (Wildman–Crippen MR) is 74.0 cm³/mol. The molecule has 0 aliphatic heterocycles. The SMILES string of the molecule is Cc1csc(SCc2noc(-c3ccsc3)n2)n1. The summed E-state index contributed by atoms with van der Waals surface area (Å²) in [5.41, 5.74) is 2.03. The summed E-state index contributed by atoms with van der Waals surface area (Å²) in [5.74, 6) is 1.97. The second-order valence-corrected chi connectivity index (χ2v) is 6.43. The van der Waals surface area contributed by atoms with E-state index in [1.54, 1.807) is 34.4 Å². The number of thioether (sulfide) groups is 1. The smallest absolute Gasteiger partial charge is 0.258 e. The Balaban J connectivity index is 1.67. The molecule has 0 saturated heterocycles. The minimum atomic E-state index is 0.585. The summed E-state index contributed by atoms with van der Waals surface area (Å²) in [6.45, 7) is 1.99. The highest BCUT2D eigenvalue weighted by Crippen LogP contribution is 2.26. The van der Waals surface area contributed by atoms with Gasteiger partial charge < -0.3 is 4.52 Å². The van der Waals surface area contributed by atoms with Crippen molar-refractivity contribution in [1.82, 2.24) is 15.1 Å². The van der Waals surface area contributed by atoms with Crippen LogP contribution in [-0.4, -0.2) is 15.1 Å². The molecule has 3 aromatic heterocycles. The van der Waals surface area contributed by atoms with Crippen LogP contribution in [0.5, 0.6) is 0 Å². The van der Waals surface area contributed by atoms with E-state index >= 15 is 0 Å². The number of aromatic nitrogens is 3. The molecule has 92 valence electrons. The lowest BCUT2D eigenvalue weighted by atomic mass is 10.3. The molecule has 3 aromatic rings. The monoisotopic (exact) mass is 295 g/mol. The second kappa shape index (κ2) is 5.21. The Morgan fingerprint density at radius 3 is 3.00 bits per heavy atom. The number of hydrogen-bond acceptors (Lipinski definition) is 7. The van der Waals surface area contributed by atoms with E-state index in [2.05, 4.69) is 15.1 Å². The molecule has 0 amide bonds. The fourth-order valence-corrected chi connectivity index (χ4v) is 3.66. The van der Waals surface area contributed by atoms with Crippen molar-refractivity contribution in [1.29, 1.82) is 0 Å². The quantitative estimate of drug-likeness (QED) is 0.684. The van der Waals surface area contributed by atoms with E-state index in [4.69, 9.17) is 4.52 Å². The van der Waals surface area contributed by atoms with E-state index in [-0.39, 0.29) is 0 Å². The lowest BCUT2D eigenvalue weighted by Gasteiger charge is -1.90. The summed E-state index contributed by atoms with van der Waals surface area (Å²) in [7, 11) is 0. The van der Waals surface area contributed by atoms with E-state index in [1.165, 1.54) is 0 Å². The van der Waals surface area contributed by atoms with Gasteiger partial charge in [0.05, 0.1) is 11.3 Å². The molecule has 0 N–H and O–H groups in total. The van der Waals surface area contributed by atoms with Gasteiger partial charge in [0.25, 0.3) is 5.89 Å². The minimum Gasteiger partial charge on any atom is -0.334 e. The van der Waals surface area contributed by atoms with Crippen molar-refractivity contribution in [3.05, 3.63) is 33.7 Å². The molecular weight excluding hydrogens is 286 g/mol. The van der Waals surface area contributed by atoms with Crippen LogP contribution < -0.4 is 0 Å². The number of rotatable bonds is 4. The van der Waals surface area contributed by atoms with Crippen molar-refractivity contribution in [2.45, 2.75) is 17.0 Å².